The fourth-order valence-electron chi connectivity index (χ4n) is 2.50. The average molecular weight is 314 g/mol. The fraction of sp³-hybridized carbons (Fsp3) is 0. The third kappa shape index (κ3) is 2.75. The quantitative estimate of drug-likeness (QED) is 0.628. The molecule has 0 atom stereocenters. The van der Waals surface area contributed by atoms with Crippen molar-refractivity contribution >= 4 is 17.4 Å². The molecular weight excluding hydrogens is 300 g/mol. The van der Waals surface area contributed by atoms with Gasteiger partial charge in [0.05, 0.1) is 5.69 Å². The van der Waals surface area contributed by atoms with Gasteiger partial charge in [-0.15, -0.1) is 0 Å². The summed E-state index contributed by atoms with van der Waals surface area (Å²) in [5.41, 5.74) is 3.18. The number of aromatic nitrogens is 3. The second kappa shape index (κ2) is 5.96. The first kappa shape index (κ1) is 14.1. The van der Waals surface area contributed by atoms with Crippen molar-refractivity contribution in [1.29, 1.82) is 0 Å². The zero-order valence-corrected chi connectivity index (χ0v) is 12.8. The molecule has 5 heteroatoms. The number of pyridine rings is 2. The molecule has 0 saturated heterocycles. The summed E-state index contributed by atoms with van der Waals surface area (Å²) >= 11 is 0. The van der Waals surface area contributed by atoms with Crippen molar-refractivity contribution in [2.24, 2.45) is 0 Å². The molecule has 1 aromatic carbocycles. The molecule has 0 spiro atoms. The van der Waals surface area contributed by atoms with Gasteiger partial charge in [-0.2, -0.15) is 0 Å². The minimum Gasteiger partial charge on any atom is -0.307 e. The zero-order valence-electron chi connectivity index (χ0n) is 12.8. The van der Waals surface area contributed by atoms with E-state index in [-0.39, 0.29) is 5.91 Å². The normalized spacial score (nSPS) is 10.7. The molecule has 3 aromatic heterocycles. The Morgan fingerprint density at radius 2 is 1.83 bits per heavy atom. The van der Waals surface area contributed by atoms with E-state index in [9.17, 15) is 4.79 Å². The van der Waals surface area contributed by atoms with E-state index in [0.717, 1.165) is 16.9 Å². The third-order valence-electron chi connectivity index (χ3n) is 3.70. The maximum absolute atomic E-state index is 12.3. The number of nitrogens with one attached hydrogen (secondary N) is 1. The first-order chi connectivity index (χ1) is 11.8. The Balaban J connectivity index is 1.65. The number of hydrogen-bond donors (Lipinski definition) is 1. The summed E-state index contributed by atoms with van der Waals surface area (Å²) in [6, 6.07) is 18.9. The summed E-state index contributed by atoms with van der Waals surface area (Å²) in [6.07, 6.45) is 5.42. The molecule has 0 unspecified atom stereocenters. The van der Waals surface area contributed by atoms with Crippen LogP contribution in [-0.4, -0.2) is 20.3 Å². The predicted molar refractivity (Wildman–Crippen MR) is 92.8 cm³/mol. The van der Waals surface area contributed by atoms with Crippen LogP contribution in [0.3, 0.4) is 0 Å². The minimum atomic E-state index is -0.208. The van der Waals surface area contributed by atoms with Gasteiger partial charge < -0.3 is 9.72 Å². The largest absolute Gasteiger partial charge is 0.307 e. The highest BCUT2D eigenvalue weighted by Gasteiger charge is 2.10. The summed E-state index contributed by atoms with van der Waals surface area (Å²) in [5, 5.41) is 2.77. The summed E-state index contributed by atoms with van der Waals surface area (Å²) in [7, 11) is 0. The summed E-state index contributed by atoms with van der Waals surface area (Å²) in [6.45, 7) is 0. The van der Waals surface area contributed by atoms with Gasteiger partial charge >= 0.3 is 0 Å². The second-order valence-corrected chi connectivity index (χ2v) is 5.34. The van der Waals surface area contributed by atoms with Crippen LogP contribution in [0.2, 0.25) is 0 Å². The number of hydrogen-bond acceptors (Lipinski definition) is 3. The molecule has 24 heavy (non-hydrogen) atoms. The number of carbonyl (C=O) groups is 1. The Labute approximate surface area is 138 Å². The van der Waals surface area contributed by atoms with Crippen molar-refractivity contribution in [3.05, 3.63) is 84.8 Å². The number of nitrogens with zero attached hydrogens (tertiary/aromatic N) is 3. The van der Waals surface area contributed by atoms with Gasteiger partial charge in [-0.25, -0.2) is 9.97 Å². The van der Waals surface area contributed by atoms with Crippen LogP contribution in [0, 0.1) is 0 Å². The van der Waals surface area contributed by atoms with Crippen LogP contribution >= 0.6 is 0 Å². The predicted octanol–water partition coefficient (Wildman–Crippen LogP) is 3.65. The number of imidazole rings is 1. The van der Waals surface area contributed by atoms with Crippen molar-refractivity contribution in [3.63, 3.8) is 0 Å². The number of amides is 1. The molecule has 116 valence electrons. The van der Waals surface area contributed by atoms with Crippen molar-refractivity contribution in [2.75, 3.05) is 5.32 Å². The van der Waals surface area contributed by atoms with Gasteiger partial charge in [-0.3, -0.25) is 4.79 Å². The molecule has 1 amide bonds. The van der Waals surface area contributed by atoms with Gasteiger partial charge in [-0.05, 0) is 24.3 Å². The molecule has 0 radical (unpaired) electrons. The Bertz CT molecular complexity index is 994. The van der Waals surface area contributed by atoms with Crippen LogP contribution in [0.25, 0.3) is 16.9 Å². The molecule has 3 heterocycles. The van der Waals surface area contributed by atoms with Gasteiger partial charge in [0, 0.05) is 29.7 Å². The lowest BCUT2D eigenvalue weighted by molar-refractivity contribution is 0.102. The van der Waals surface area contributed by atoms with Gasteiger partial charge in [-0.1, -0.05) is 36.4 Å². The molecular formula is C19H14N4O. The second-order valence-electron chi connectivity index (χ2n) is 5.34. The van der Waals surface area contributed by atoms with Crippen LogP contribution in [0.4, 0.5) is 5.82 Å². The monoisotopic (exact) mass is 314 g/mol. The number of benzene rings is 1. The summed E-state index contributed by atoms with van der Waals surface area (Å²) in [4.78, 5) is 21.0. The highest BCUT2D eigenvalue weighted by atomic mass is 16.1. The Morgan fingerprint density at radius 1 is 1.00 bits per heavy atom. The minimum absolute atomic E-state index is 0.208. The molecule has 5 nitrogen and oxygen atoms in total. The number of fused-ring (bicyclic) bond motifs is 1. The molecule has 4 rings (SSSR count). The molecule has 0 aliphatic rings. The van der Waals surface area contributed by atoms with Crippen molar-refractivity contribution < 1.29 is 4.79 Å². The van der Waals surface area contributed by atoms with Crippen LogP contribution in [0.1, 0.15) is 10.4 Å². The fourth-order valence-corrected chi connectivity index (χ4v) is 2.50. The van der Waals surface area contributed by atoms with E-state index in [1.54, 1.807) is 30.5 Å². The lowest BCUT2D eigenvalue weighted by Crippen LogP contribution is -2.13. The lowest BCUT2D eigenvalue weighted by Gasteiger charge is -2.04. The van der Waals surface area contributed by atoms with Crippen molar-refractivity contribution in [2.45, 2.75) is 0 Å². The van der Waals surface area contributed by atoms with E-state index in [2.05, 4.69) is 15.3 Å². The number of anilines is 1. The van der Waals surface area contributed by atoms with E-state index < -0.39 is 0 Å². The topological polar surface area (TPSA) is 59.3 Å². The van der Waals surface area contributed by atoms with Gasteiger partial charge in [0.2, 0.25) is 0 Å². The SMILES string of the molecule is O=C(Nc1ccccn1)c1ccn2cc(-c3ccccc3)nc2c1. The van der Waals surface area contributed by atoms with Crippen molar-refractivity contribution in [3.8, 4) is 11.3 Å². The van der Waals surface area contributed by atoms with E-state index in [1.807, 2.05) is 53.2 Å². The van der Waals surface area contributed by atoms with Gasteiger partial charge in [0.15, 0.2) is 0 Å². The van der Waals surface area contributed by atoms with E-state index in [4.69, 9.17) is 0 Å². The molecule has 0 bridgehead atoms. The van der Waals surface area contributed by atoms with Crippen LogP contribution in [-0.2, 0) is 0 Å². The lowest BCUT2D eigenvalue weighted by atomic mass is 10.2. The third-order valence-corrected chi connectivity index (χ3v) is 3.70. The maximum Gasteiger partial charge on any atom is 0.257 e. The Hall–Kier alpha value is -3.47. The Morgan fingerprint density at radius 3 is 2.62 bits per heavy atom. The van der Waals surface area contributed by atoms with Crippen LogP contribution in [0.15, 0.2) is 79.3 Å². The molecule has 4 aromatic rings. The molecule has 0 aliphatic carbocycles. The highest BCUT2D eigenvalue weighted by Crippen LogP contribution is 2.19. The van der Waals surface area contributed by atoms with Gasteiger partial charge in [0.25, 0.3) is 5.91 Å². The zero-order chi connectivity index (χ0) is 16.4. The van der Waals surface area contributed by atoms with E-state index >= 15 is 0 Å². The van der Waals surface area contributed by atoms with Crippen LogP contribution < -0.4 is 5.32 Å². The summed E-state index contributed by atoms with van der Waals surface area (Å²) < 4.78 is 1.90. The maximum atomic E-state index is 12.3. The standard InChI is InChI=1S/C19H14N4O/c24-19(22-17-8-4-5-10-20-17)15-9-11-23-13-16(21-18(23)12-15)14-6-2-1-3-7-14/h1-13H,(H,20,22,24). The van der Waals surface area contributed by atoms with Gasteiger partial charge in [0.1, 0.15) is 11.5 Å². The average Bonchev–Trinajstić information content (AvgIpc) is 3.06. The number of carbonyl (C=O) groups excluding carboxylic acids is 1. The number of rotatable bonds is 3. The van der Waals surface area contributed by atoms with E-state index in [0.29, 0.717) is 11.4 Å². The smallest absolute Gasteiger partial charge is 0.257 e. The Kier molecular flexibility index (Phi) is 3.51. The van der Waals surface area contributed by atoms with E-state index in [1.165, 1.54) is 0 Å². The molecule has 0 fully saturated rings. The van der Waals surface area contributed by atoms with Crippen LogP contribution in [0.5, 0.6) is 0 Å². The summed E-state index contributed by atoms with van der Waals surface area (Å²) in [5.74, 6) is 0.316. The van der Waals surface area contributed by atoms with Crippen molar-refractivity contribution in [1.82, 2.24) is 14.4 Å². The molecule has 0 saturated carbocycles. The first-order valence-corrected chi connectivity index (χ1v) is 7.56. The first-order valence-electron chi connectivity index (χ1n) is 7.56. The molecule has 1 N–H and O–H groups in total. The molecule has 0 aliphatic heterocycles. The highest BCUT2D eigenvalue weighted by molar-refractivity contribution is 6.04.